The fourth-order valence-electron chi connectivity index (χ4n) is 2.00. The van der Waals surface area contributed by atoms with Crippen LogP contribution in [0.5, 0.6) is 0 Å². The summed E-state index contributed by atoms with van der Waals surface area (Å²) in [6.45, 7) is 4.21. The molecule has 5 nitrogen and oxygen atoms in total. The normalized spacial score (nSPS) is 20.6. The van der Waals surface area contributed by atoms with Crippen molar-refractivity contribution in [1.29, 1.82) is 0 Å². The molecule has 0 bridgehead atoms. The number of aryl methyl sites for hydroxylation is 2. The van der Waals surface area contributed by atoms with Gasteiger partial charge < -0.3 is 5.73 Å². The van der Waals surface area contributed by atoms with Gasteiger partial charge in [-0.2, -0.15) is 10.2 Å². The number of rotatable bonds is 2. The molecule has 1 atom stereocenters. The van der Waals surface area contributed by atoms with Crippen LogP contribution in [0.4, 0.5) is 0 Å². The van der Waals surface area contributed by atoms with Crippen LogP contribution in [0, 0.1) is 5.92 Å². The molecule has 1 unspecified atom stereocenters. The molecule has 2 heterocycles. The maximum atomic E-state index is 5.66. The molecule has 0 aliphatic carbocycles. The van der Waals surface area contributed by atoms with Crippen molar-refractivity contribution in [3.8, 4) is 0 Å². The first kappa shape index (κ1) is 10.9. The van der Waals surface area contributed by atoms with E-state index in [4.69, 9.17) is 5.73 Å². The van der Waals surface area contributed by atoms with E-state index in [0.29, 0.717) is 11.8 Å². The molecule has 16 heavy (non-hydrogen) atoms. The van der Waals surface area contributed by atoms with E-state index in [1.54, 1.807) is 0 Å². The Balaban J connectivity index is 2.43. The quantitative estimate of drug-likeness (QED) is 0.808. The van der Waals surface area contributed by atoms with Crippen molar-refractivity contribution in [1.82, 2.24) is 9.78 Å². The van der Waals surface area contributed by atoms with E-state index in [1.807, 2.05) is 17.9 Å². The van der Waals surface area contributed by atoms with Gasteiger partial charge in [0.1, 0.15) is 5.84 Å². The van der Waals surface area contributed by atoms with E-state index in [-0.39, 0.29) is 0 Å². The Morgan fingerprint density at radius 3 is 2.88 bits per heavy atom. The number of hydrogen-bond donors (Lipinski definition) is 1. The van der Waals surface area contributed by atoms with Crippen LogP contribution in [0.3, 0.4) is 0 Å². The predicted molar refractivity (Wildman–Crippen MR) is 64.5 cm³/mol. The van der Waals surface area contributed by atoms with Crippen LogP contribution in [0.1, 0.15) is 31.5 Å². The van der Waals surface area contributed by atoms with E-state index in [0.717, 1.165) is 29.8 Å². The van der Waals surface area contributed by atoms with Gasteiger partial charge in [0, 0.05) is 31.1 Å². The molecule has 0 aromatic carbocycles. The van der Waals surface area contributed by atoms with E-state index < -0.39 is 0 Å². The topological polar surface area (TPSA) is 68.6 Å². The molecule has 2 rings (SSSR count). The summed E-state index contributed by atoms with van der Waals surface area (Å²) in [4.78, 5) is 0. The monoisotopic (exact) mass is 219 g/mol. The predicted octanol–water partition coefficient (Wildman–Crippen LogP) is 1.08. The lowest BCUT2D eigenvalue weighted by Crippen LogP contribution is -2.25. The summed E-state index contributed by atoms with van der Waals surface area (Å²) >= 11 is 0. The van der Waals surface area contributed by atoms with Crippen molar-refractivity contribution in [2.45, 2.75) is 26.7 Å². The molecular formula is C11H17N5. The molecule has 0 saturated carbocycles. The van der Waals surface area contributed by atoms with Crippen molar-refractivity contribution < 1.29 is 0 Å². The first-order valence-electron chi connectivity index (χ1n) is 5.54. The zero-order valence-electron chi connectivity index (χ0n) is 9.94. The molecule has 0 amide bonds. The molecule has 1 aromatic heterocycles. The minimum absolute atomic E-state index is 0.312. The number of nitrogens with two attached hydrogens (primary N) is 1. The lowest BCUT2D eigenvalue weighted by Gasteiger charge is -2.16. The van der Waals surface area contributed by atoms with Crippen molar-refractivity contribution in [3.05, 3.63) is 17.5 Å². The zero-order valence-corrected chi connectivity index (χ0v) is 9.94. The Morgan fingerprint density at radius 1 is 1.50 bits per heavy atom. The van der Waals surface area contributed by atoms with Crippen LogP contribution in [0.25, 0.3) is 0 Å². The van der Waals surface area contributed by atoms with Crippen LogP contribution in [-0.2, 0) is 13.5 Å². The van der Waals surface area contributed by atoms with Crippen LogP contribution in [0.2, 0.25) is 0 Å². The second kappa shape index (κ2) is 4.08. The molecule has 1 aromatic rings. The molecule has 0 fully saturated rings. The summed E-state index contributed by atoms with van der Waals surface area (Å²) in [5.41, 5.74) is 8.84. The summed E-state index contributed by atoms with van der Waals surface area (Å²) in [5.74, 6) is 0.921. The SMILES string of the molecule is CCc1nn(C)cc1C1=NN=C(N)CC1C. The van der Waals surface area contributed by atoms with Gasteiger partial charge in [-0.25, -0.2) is 0 Å². The molecule has 1 aliphatic heterocycles. The highest BCUT2D eigenvalue weighted by Gasteiger charge is 2.22. The standard InChI is InChI=1S/C11H17N5/c1-4-9-8(6-16(3)15-9)11-7(2)5-10(12)13-14-11/h6-7H,4-5H2,1-3H3,(H2,12,13). The van der Waals surface area contributed by atoms with Gasteiger partial charge in [0.2, 0.25) is 0 Å². The van der Waals surface area contributed by atoms with E-state index in [9.17, 15) is 0 Å². The fraction of sp³-hybridized carbons (Fsp3) is 0.545. The second-order valence-corrected chi connectivity index (χ2v) is 4.20. The number of nitrogens with zero attached hydrogens (tertiary/aromatic N) is 4. The third kappa shape index (κ3) is 1.85. The van der Waals surface area contributed by atoms with Crippen LogP contribution in [-0.4, -0.2) is 21.3 Å². The first-order valence-corrected chi connectivity index (χ1v) is 5.54. The smallest absolute Gasteiger partial charge is 0.123 e. The van der Waals surface area contributed by atoms with Crippen molar-refractivity contribution in [2.24, 2.45) is 28.9 Å². The van der Waals surface area contributed by atoms with Gasteiger partial charge in [-0.05, 0) is 6.42 Å². The van der Waals surface area contributed by atoms with Crippen molar-refractivity contribution in [3.63, 3.8) is 0 Å². The van der Waals surface area contributed by atoms with E-state index in [2.05, 4.69) is 29.1 Å². The maximum Gasteiger partial charge on any atom is 0.123 e. The lowest BCUT2D eigenvalue weighted by molar-refractivity contribution is 0.746. The van der Waals surface area contributed by atoms with Crippen LogP contribution < -0.4 is 5.73 Å². The maximum absolute atomic E-state index is 5.66. The highest BCUT2D eigenvalue weighted by molar-refractivity contribution is 6.06. The van der Waals surface area contributed by atoms with E-state index >= 15 is 0 Å². The van der Waals surface area contributed by atoms with Gasteiger partial charge in [0.05, 0.1) is 11.4 Å². The average Bonchev–Trinajstić information content (AvgIpc) is 2.59. The Bertz CT molecular complexity index is 455. The minimum Gasteiger partial charge on any atom is -0.386 e. The van der Waals surface area contributed by atoms with Gasteiger partial charge >= 0.3 is 0 Å². The lowest BCUT2D eigenvalue weighted by atomic mass is 9.94. The van der Waals surface area contributed by atoms with Gasteiger partial charge in [-0.1, -0.05) is 13.8 Å². The molecule has 0 spiro atoms. The highest BCUT2D eigenvalue weighted by Crippen LogP contribution is 2.19. The average molecular weight is 219 g/mol. The summed E-state index contributed by atoms with van der Waals surface area (Å²) in [6.07, 6.45) is 3.68. The van der Waals surface area contributed by atoms with E-state index in [1.165, 1.54) is 0 Å². The minimum atomic E-state index is 0.312. The van der Waals surface area contributed by atoms with Gasteiger partial charge in [0.15, 0.2) is 0 Å². The number of hydrogen-bond acceptors (Lipinski definition) is 4. The second-order valence-electron chi connectivity index (χ2n) is 4.20. The first-order chi connectivity index (χ1) is 7.61. The Morgan fingerprint density at radius 2 is 2.25 bits per heavy atom. The molecule has 5 heteroatoms. The Labute approximate surface area is 95.1 Å². The number of amidine groups is 1. The largest absolute Gasteiger partial charge is 0.386 e. The molecule has 1 aliphatic rings. The summed E-state index contributed by atoms with van der Waals surface area (Å²) in [6, 6.07) is 0. The summed E-state index contributed by atoms with van der Waals surface area (Å²) < 4.78 is 1.82. The summed E-state index contributed by atoms with van der Waals surface area (Å²) in [7, 11) is 1.92. The van der Waals surface area contributed by atoms with Crippen molar-refractivity contribution >= 4 is 11.5 Å². The molecule has 0 saturated heterocycles. The van der Waals surface area contributed by atoms with Crippen LogP contribution in [0.15, 0.2) is 16.4 Å². The van der Waals surface area contributed by atoms with Gasteiger partial charge in [0.25, 0.3) is 0 Å². The third-order valence-corrected chi connectivity index (χ3v) is 2.78. The van der Waals surface area contributed by atoms with Gasteiger partial charge in [-0.3, -0.25) is 4.68 Å². The van der Waals surface area contributed by atoms with Gasteiger partial charge in [-0.15, -0.1) is 5.10 Å². The fourth-order valence-corrected chi connectivity index (χ4v) is 2.00. The Kier molecular flexibility index (Phi) is 2.77. The number of aromatic nitrogens is 2. The zero-order chi connectivity index (χ0) is 11.7. The third-order valence-electron chi connectivity index (χ3n) is 2.78. The highest BCUT2D eigenvalue weighted by atomic mass is 15.3. The van der Waals surface area contributed by atoms with Crippen LogP contribution >= 0.6 is 0 Å². The molecule has 0 radical (unpaired) electrons. The Hall–Kier alpha value is -1.65. The van der Waals surface area contributed by atoms with Crippen molar-refractivity contribution in [2.75, 3.05) is 0 Å². The molecular weight excluding hydrogens is 202 g/mol. The molecule has 86 valence electrons. The summed E-state index contributed by atoms with van der Waals surface area (Å²) in [5, 5.41) is 12.6. The molecule has 2 N–H and O–H groups in total.